The van der Waals surface area contributed by atoms with Gasteiger partial charge in [0.05, 0.1) is 11.8 Å². The number of anilines is 1. The Morgan fingerprint density at radius 1 is 1.23 bits per heavy atom. The molecule has 0 aromatic heterocycles. The molecule has 0 saturated carbocycles. The molecule has 0 aliphatic rings. The summed E-state index contributed by atoms with van der Waals surface area (Å²) in [5.74, 6) is -1.31. The van der Waals surface area contributed by atoms with Crippen molar-refractivity contribution in [1.82, 2.24) is 0 Å². The Bertz CT molecular complexity index is 652. The molecule has 4 nitrogen and oxygen atoms in total. The van der Waals surface area contributed by atoms with Gasteiger partial charge in [-0.25, -0.2) is 4.39 Å². The van der Waals surface area contributed by atoms with E-state index < -0.39 is 11.1 Å². The Morgan fingerprint density at radius 3 is 2.35 bits per heavy atom. The van der Waals surface area contributed by atoms with Crippen molar-refractivity contribution in [3.8, 4) is 0 Å². The Hall–Kier alpha value is -1.08. The Kier molecular flexibility index (Phi) is 9.10. The van der Waals surface area contributed by atoms with Crippen LogP contribution in [0.4, 0.5) is 10.1 Å². The molecule has 26 heavy (non-hydrogen) atoms. The first kappa shape index (κ1) is 23.0. The van der Waals surface area contributed by atoms with Crippen LogP contribution in [0.5, 0.6) is 0 Å². The van der Waals surface area contributed by atoms with E-state index in [-0.39, 0.29) is 35.5 Å². The SMILES string of the molecule is CCC(C)OC(=O)C(Sc1cc(NC(=O)C(C)C)c(F)cc1Br)C(C)C. The second-order valence-corrected chi connectivity index (χ2v) is 8.88. The van der Waals surface area contributed by atoms with E-state index in [4.69, 9.17) is 4.74 Å². The minimum absolute atomic E-state index is 0.0298. The van der Waals surface area contributed by atoms with Gasteiger partial charge in [0.1, 0.15) is 11.1 Å². The van der Waals surface area contributed by atoms with E-state index in [1.807, 2.05) is 27.7 Å². The minimum atomic E-state index is -0.529. The van der Waals surface area contributed by atoms with Crippen LogP contribution in [0.3, 0.4) is 0 Å². The summed E-state index contributed by atoms with van der Waals surface area (Å²) in [6.07, 6.45) is 0.592. The molecule has 0 fully saturated rings. The van der Waals surface area contributed by atoms with Crippen molar-refractivity contribution >= 4 is 45.3 Å². The number of ether oxygens (including phenoxy) is 1. The number of hydrogen-bond donors (Lipinski definition) is 1. The fourth-order valence-electron chi connectivity index (χ4n) is 1.93. The molecule has 2 atom stereocenters. The van der Waals surface area contributed by atoms with Gasteiger partial charge in [-0.3, -0.25) is 9.59 Å². The molecule has 0 aliphatic heterocycles. The number of thioether (sulfide) groups is 1. The van der Waals surface area contributed by atoms with Crippen molar-refractivity contribution < 1.29 is 18.7 Å². The Morgan fingerprint density at radius 2 is 1.85 bits per heavy atom. The van der Waals surface area contributed by atoms with Crippen molar-refractivity contribution in [3.05, 3.63) is 22.4 Å². The normalized spacial score (nSPS) is 13.6. The lowest BCUT2D eigenvalue weighted by atomic mass is 10.1. The molecule has 0 spiro atoms. The highest BCUT2D eigenvalue weighted by Crippen LogP contribution is 2.37. The molecule has 1 N–H and O–H groups in total. The molecule has 0 heterocycles. The van der Waals surface area contributed by atoms with Gasteiger partial charge in [-0.05, 0) is 47.3 Å². The fraction of sp³-hybridized carbons (Fsp3) is 0.579. The molecular formula is C19H27BrFNO3S. The van der Waals surface area contributed by atoms with Crippen LogP contribution in [0.15, 0.2) is 21.5 Å². The first-order chi connectivity index (χ1) is 12.1. The van der Waals surface area contributed by atoms with Crippen molar-refractivity contribution in [1.29, 1.82) is 0 Å². The number of benzene rings is 1. The van der Waals surface area contributed by atoms with Crippen LogP contribution >= 0.6 is 27.7 Å². The highest BCUT2D eigenvalue weighted by atomic mass is 79.9. The highest BCUT2D eigenvalue weighted by Gasteiger charge is 2.27. The van der Waals surface area contributed by atoms with Gasteiger partial charge in [0.25, 0.3) is 0 Å². The zero-order chi connectivity index (χ0) is 20.0. The van der Waals surface area contributed by atoms with Crippen LogP contribution in [-0.2, 0) is 14.3 Å². The molecule has 0 radical (unpaired) electrons. The van der Waals surface area contributed by atoms with E-state index in [0.717, 1.165) is 6.42 Å². The number of nitrogens with one attached hydrogen (secondary N) is 1. The van der Waals surface area contributed by atoms with Gasteiger partial charge in [-0.15, -0.1) is 11.8 Å². The van der Waals surface area contributed by atoms with Crippen LogP contribution in [0.1, 0.15) is 48.0 Å². The third kappa shape index (κ3) is 6.58. The number of hydrogen-bond acceptors (Lipinski definition) is 4. The Labute approximate surface area is 167 Å². The molecule has 2 unspecified atom stereocenters. The van der Waals surface area contributed by atoms with Gasteiger partial charge in [-0.1, -0.05) is 34.6 Å². The number of halogens is 2. The van der Waals surface area contributed by atoms with E-state index >= 15 is 0 Å². The lowest BCUT2D eigenvalue weighted by Gasteiger charge is -2.22. The summed E-state index contributed by atoms with van der Waals surface area (Å²) in [5.41, 5.74) is 0.104. The van der Waals surface area contributed by atoms with Crippen LogP contribution in [0.2, 0.25) is 0 Å². The average molecular weight is 448 g/mol. The van der Waals surface area contributed by atoms with E-state index in [2.05, 4.69) is 21.2 Å². The summed E-state index contributed by atoms with van der Waals surface area (Å²) in [6, 6.07) is 2.85. The van der Waals surface area contributed by atoms with E-state index in [1.165, 1.54) is 17.8 Å². The van der Waals surface area contributed by atoms with Gasteiger partial charge in [0, 0.05) is 15.3 Å². The molecule has 0 aliphatic carbocycles. The fourth-order valence-corrected chi connectivity index (χ4v) is 3.58. The van der Waals surface area contributed by atoms with E-state index in [9.17, 15) is 14.0 Å². The van der Waals surface area contributed by atoms with Crippen LogP contribution < -0.4 is 5.32 Å². The number of rotatable bonds is 8. The van der Waals surface area contributed by atoms with Gasteiger partial charge >= 0.3 is 5.97 Å². The minimum Gasteiger partial charge on any atom is -0.462 e. The summed E-state index contributed by atoms with van der Waals surface area (Å²) >= 11 is 4.65. The molecule has 7 heteroatoms. The van der Waals surface area contributed by atoms with Crippen molar-refractivity contribution in [2.45, 2.75) is 64.2 Å². The predicted molar refractivity (Wildman–Crippen MR) is 108 cm³/mol. The first-order valence-electron chi connectivity index (χ1n) is 8.73. The maximum Gasteiger partial charge on any atom is 0.319 e. The monoisotopic (exact) mass is 447 g/mol. The molecule has 0 saturated heterocycles. The van der Waals surface area contributed by atoms with Crippen LogP contribution in [0.25, 0.3) is 0 Å². The molecular weight excluding hydrogens is 421 g/mol. The second-order valence-electron chi connectivity index (χ2n) is 6.84. The largest absolute Gasteiger partial charge is 0.462 e. The van der Waals surface area contributed by atoms with Crippen LogP contribution in [0, 0.1) is 17.7 Å². The lowest BCUT2D eigenvalue weighted by Crippen LogP contribution is -2.28. The van der Waals surface area contributed by atoms with Gasteiger partial charge in [-0.2, -0.15) is 0 Å². The zero-order valence-electron chi connectivity index (χ0n) is 16.1. The van der Waals surface area contributed by atoms with Gasteiger partial charge < -0.3 is 10.1 Å². The topological polar surface area (TPSA) is 55.4 Å². The van der Waals surface area contributed by atoms with Gasteiger partial charge in [0.2, 0.25) is 5.91 Å². The maximum atomic E-state index is 14.2. The van der Waals surface area contributed by atoms with E-state index in [1.54, 1.807) is 19.9 Å². The third-order valence-corrected chi connectivity index (χ3v) is 6.29. The molecule has 146 valence electrons. The lowest BCUT2D eigenvalue weighted by molar-refractivity contribution is -0.148. The Balaban J connectivity index is 3.08. The summed E-state index contributed by atoms with van der Waals surface area (Å²) in [4.78, 5) is 25.0. The molecule has 1 amide bonds. The van der Waals surface area contributed by atoms with E-state index in [0.29, 0.717) is 9.37 Å². The summed E-state index contributed by atoms with van der Waals surface area (Å²) in [6.45, 7) is 11.2. The van der Waals surface area contributed by atoms with Gasteiger partial charge in [0.15, 0.2) is 0 Å². The summed E-state index contributed by atoms with van der Waals surface area (Å²) < 4.78 is 20.2. The number of amides is 1. The highest BCUT2D eigenvalue weighted by molar-refractivity contribution is 9.10. The standard InChI is InChI=1S/C19H27BrFNO3S/c1-7-12(6)25-19(24)17(10(2)3)26-16-9-15(14(21)8-13(16)20)22-18(23)11(4)5/h8-12,17H,7H2,1-6H3,(H,22,23). The van der Waals surface area contributed by atoms with Crippen LogP contribution in [-0.4, -0.2) is 23.2 Å². The number of carbonyl (C=O) groups excluding carboxylic acids is 2. The molecule has 1 aromatic rings. The van der Waals surface area contributed by atoms with Crippen molar-refractivity contribution in [2.75, 3.05) is 5.32 Å². The van der Waals surface area contributed by atoms with Crippen molar-refractivity contribution in [3.63, 3.8) is 0 Å². The van der Waals surface area contributed by atoms with Crippen molar-refractivity contribution in [2.24, 2.45) is 11.8 Å². The first-order valence-corrected chi connectivity index (χ1v) is 10.4. The number of carbonyl (C=O) groups is 2. The quantitative estimate of drug-likeness (QED) is 0.413. The molecule has 1 aromatic carbocycles. The summed E-state index contributed by atoms with van der Waals surface area (Å²) in [5, 5.41) is 2.15. The third-order valence-electron chi connectivity index (χ3n) is 3.79. The predicted octanol–water partition coefficient (Wildman–Crippen LogP) is 5.64. The molecule has 1 rings (SSSR count). The average Bonchev–Trinajstić information content (AvgIpc) is 2.55. The summed E-state index contributed by atoms with van der Waals surface area (Å²) in [7, 11) is 0. The smallest absolute Gasteiger partial charge is 0.319 e. The maximum absolute atomic E-state index is 14.2. The number of esters is 1. The second kappa shape index (κ2) is 10.3. The molecule has 0 bridgehead atoms. The zero-order valence-corrected chi connectivity index (χ0v) is 18.5.